The van der Waals surface area contributed by atoms with Crippen molar-refractivity contribution in [2.24, 2.45) is 0 Å². The van der Waals surface area contributed by atoms with Crippen LogP contribution >= 0.6 is 0 Å². The molecule has 0 heterocycles. The van der Waals surface area contributed by atoms with Gasteiger partial charge in [-0.2, -0.15) is 0 Å². The molecule has 7 heteroatoms. The summed E-state index contributed by atoms with van der Waals surface area (Å²) in [5, 5.41) is 2.79. The number of rotatable bonds is 9. The highest BCUT2D eigenvalue weighted by Gasteiger charge is 2.20. The van der Waals surface area contributed by atoms with Crippen molar-refractivity contribution < 1.29 is 23.9 Å². The Labute approximate surface area is 170 Å². The molecule has 29 heavy (non-hydrogen) atoms. The Kier molecular flexibility index (Phi) is 8.21. The molecule has 0 aliphatic heterocycles. The molecule has 0 aliphatic rings. The van der Waals surface area contributed by atoms with Gasteiger partial charge < -0.3 is 19.7 Å². The molecule has 0 aliphatic carbocycles. The number of hydrogen-bond donors (Lipinski definition) is 1. The fourth-order valence-corrected chi connectivity index (χ4v) is 2.78. The lowest BCUT2D eigenvalue weighted by Crippen LogP contribution is -2.33. The van der Waals surface area contributed by atoms with Crippen molar-refractivity contribution in [3.63, 3.8) is 0 Å². The first-order chi connectivity index (χ1) is 14.0. The number of benzene rings is 2. The molecule has 2 amide bonds. The zero-order valence-corrected chi connectivity index (χ0v) is 16.9. The van der Waals surface area contributed by atoms with Crippen molar-refractivity contribution in [3.05, 3.63) is 54.1 Å². The molecule has 2 rings (SSSR count). The second-order valence-electron chi connectivity index (χ2n) is 6.16. The molecule has 0 radical (unpaired) electrons. The van der Waals surface area contributed by atoms with E-state index in [-0.39, 0.29) is 37.0 Å². The van der Waals surface area contributed by atoms with Crippen LogP contribution in [0, 0.1) is 0 Å². The molecular weight excluding hydrogens is 372 g/mol. The minimum absolute atomic E-state index is 0.0734. The zero-order chi connectivity index (χ0) is 21.2. The van der Waals surface area contributed by atoms with E-state index in [1.165, 1.54) is 11.8 Å². The number of nitrogens with one attached hydrogen (secondary N) is 1. The third-order valence-corrected chi connectivity index (χ3v) is 4.08. The van der Waals surface area contributed by atoms with E-state index in [9.17, 15) is 14.4 Å². The Morgan fingerprint density at radius 1 is 0.966 bits per heavy atom. The third-order valence-electron chi connectivity index (χ3n) is 4.08. The highest BCUT2D eigenvalue weighted by atomic mass is 16.5. The number of hydrogen-bond acceptors (Lipinski definition) is 5. The summed E-state index contributed by atoms with van der Waals surface area (Å²) in [4.78, 5) is 38.1. The van der Waals surface area contributed by atoms with Crippen LogP contribution in [0.2, 0.25) is 0 Å². The van der Waals surface area contributed by atoms with Crippen molar-refractivity contribution in [2.75, 3.05) is 30.0 Å². The van der Waals surface area contributed by atoms with Gasteiger partial charge in [0, 0.05) is 25.6 Å². The quantitative estimate of drug-likeness (QED) is 0.652. The number of ether oxygens (including phenoxy) is 2. The van der Waals surface area contributed by atoms with Crippen LogP contribution in [0.4, 0.5) is 11.4 Å². The molecule has 0 bridgehead atoms. The van der Waals surface area contributed by atoms with Gasteiger partial charge >= 0.3 is 5.97 Å². The monoisotopic (exact) mass is 398 g/mol. The van der Waals surface area contributed by atoms with Gasteiger partial charge in [0.25, 0.3) is 0 Å². The number of anilines is 2. The van der Waals surface area contributed by atoms with Crippen molar-refractivity contribution in [2.45, 2.75) is 27.2 Å². The molecule has 154 valence electrons. The summed E-state index contributed by atoms with van der Waals surface area (Å²) >= 11 is 0. The molecule has 2 aromatic carbocycles. The lowest BCUT2D eigenvalue weighted by molar-refractivity contribution is -0.117. The Morgan fingerprint density at radius 3 is 2.28 bits per heavy atom. The van der Waals surface area contributed by atoms with E-state index in [0.29, 0.717) is 18.0 Å². The van der Waals surface area contributed by atoms with E-state index in [0.717, 1.165) is 5.75 Å². The molecule has 0 atom stereocenters. The summed E-state index contributed by atoms with van der Waals surface area (Å²) in [6.07, 6.45) is 0.0734. The van der Waals surface area contributed by atoms with Gasteiger partial charge in [0.2, 0.25) is 11.8 Å². The maximum absolute atomic E-state index is 12.3. The number of nitrogens with zero attached hydrogens (tertiary/aromatic N) is 1. The van der Waals surface area contributed by atoms with Gasteiger partial charge in [-0.25, -0.2) is 4.79 Å². The number of carbonyl (C=O) groups is 3. The minimum Gasteiger partial charge on any atom is -0.494 e. The van der Waals surface area contributed by atoms with Crippen molar-refractivity contribution in [1.82, 2.24) is 0 Å². The highest BCUT2D eigenvalue weighted by molar-refractivity contribution is 6.02. The number of esters is 1. The molecule has 0 aromatic heterocycles. The predicted octanol–water partition coefficient (Wildman–Crippen LogP) is 3.64. The first kappa shape index (κ1) is 21.9. The largest absolute Gasteiger partial charge is 0.494 e. The Balaban J connectivity index is 2.05. The fourth-order valence-electron chi connectivity index (χ4n) is 2.78. The van der Waals surface area contributed by atoms with Gasteiger partial charge in [-0.1, -0.05) is 12.1 Å². The van der Waals surface area contributed by atoms with Crippen LogP contribution in [-0.2, 0) is 14.3 Å². The topological polar surface area (TPSA) is 84.9 Å². The van der Waals surface area contributed by atoms with E-state index < -0.39 is 5.97 Å². The maximum Gasteiger partial charge on any atom is 0.340 e. The average molecular weight is 398 g/mol. The second-order valence-corrected chi connectivity index (χ2v) is 6.16. The molecule has 0 fully saturated rings. The van der Waals surface area contributed by atoms with Crippen LogP contribution < -0.4 is 15.0 Å². The minimum atomic E-state index is -0.506. The maximum atomic E-state index is 12.3. The third kappa shape index (κ3) is 6.34. The normalized spacial score (nSPS) is 10.2. The van der Waals surface area contributed by atoms with Gasteiger partial charge in [0.05, 0.1) is 24.5 Å². The van der Waals surface area contributed by atoms with Crippen molar-refractivity contribution in [1.29, 1.82) is 0 Å². The fraction of sp³-hybridized carbons (Fsp3) is 0.318. The summed E-state index contributed by atoms with van der Waals surface area (Å²) in [5.74, 6) is -0.290. The summed E-state index contributed by atoms with van der Waals surface area (Å²) in [6, 6.07) is 13.7. The first-order valence-electron chi connectivity index (χ1n) is 9.53. The van der Waals surface area contributed by atoms with E-state index in [1.54, 1.807) is 55.5 Å². The first-order valence-corrected chi connectivity index (χ1v) is 9.53. The van der Waals surface area contributed by atoms with Crippen LogP contribution in [0.1, 0.15) is 37.6 Å². The van der Waals surface area contributed by atoms with Crippen LogP contribution in [0.3, 0.4) is 0 Å². The van der Waals surface area contributed by atoms with Crippen molar-refractivity contribution in [3.8, 4) is 5.75 Å². The molecule has 7 nitrogen and oxygen atoms in total. The molecular formula is C22H26N2O5. The van der Waals surface area contributed by atoms with Gasteiger partial charge in [0.15, 0.2) is 0 Å². The molecule has 1 N–H and O–H groups in total. The van der Waals surface area contributed by atoms with Crippen LogP contribution in [0.25, 0.3) is 0 Å². The van der Waals surface area contributed by atoms with Gasteiger partial charge in [0.1, 0.15) is 5.75 Å². The lowest BCUT2D eigenvalue weighted by atomic mass is 10.1. The number of para-hydroxylation sites is 1. The Morgan fingerprint density at radius 2 is 1.66 bits per heavy atom. The molecule has 0 saturated heterocycles. The molecule has 2 aromatic rings. The van der Waals surface area contributed by atoms with E-state index in [2.05, 4.69) is 5.32 Å². The summed E-state index contributed by atoms with van der Waals surface area (Å²) < 4.78 is 10.4. The predicted molar refractivity (Wildman–Crippen MR) is 111 cm³/mol. The van der Waals surface area contributed by atoms with E-state index >= 15 is 0 Å². The SMILES string of the molecule is CCOC(=O)c1ccccc1N(CCC(=O)Nc1ccc(OCC)cc1)C(C)=O. The summed E-state index contributed by atoms with van der Waals surface area (Å²) in [5.41, 5.74) is 1.35. The number of carbonyl (C=O) groups excluding carboxylic acids is 3. The van der Waals surface area contributed by atoms with Gasteiger partial charge in [-0.05, 0) is 50.2 Å². The Hall–Kier alpha value is -3.35. The lowest BCUT2D eigenvalue weighted by Gasteiger charge is -2.23. The van der Waals surface area contributed by atoms with Crippen LogP contribution in [-0.4, -0.2) is 37.5 Å². The van der Waals surface area contributed by atoms with Gasteiger partial charge in [-0.15, -0.1) is 0 Å². The van der Waals surface area contributed by atoms with E-state index in [1.807, 2.05) is 6.92 Å². The van der Waals surface area contributed by atoms with Crippen molar-refractivity contribution >= 4 is 29.2 Å². The molecule has 0 saturated carbocycles. The van der Waals surface area contributed by atoms with Gasteiger partial charge in [-0.3, -0.25) is 9.59 Å². The summed E-state index contributed by atoms with van der Waals surface area (Å²) in [7, 11) is 0. The van der Waals surface area contributed by atoms with Crippen LogP contribution in [0.15, 0.2) is 48.5 Å². The van der Waals surface area contributed by atoms with E-state index in [4.69, 9.17) is 9.47 Å². The second kappa shape index (κ2) is 10.8. The standard InChI is InChI=1S/C22H26N2O5/c1-4-28-18-12-10-17(11-13-18)23-21(26)14-15-24(16(3)25)20-9-7-6-8-19(20)22(27)29-5-2/h6-13H,4-5,14-15H2,1-3H3,(H,23,26). The Bertz CT molecular complexity index is 849. The van der Waals surface area contributed by atoms with Crippen LogP contribution in [0.5, 0.6) is 5.75 Å². The zero-order valence-electron chi connectivity index (χ0n) is 16.9. The number of amides is 2. The molecule has 0 spiro atoms. The molecule has 0 unspecified atom stereocenters. The highest BCUT2D eigenvalue weighted by Crippen LogP contribution is 2.22. The summed E-state index contributed by atoms with van der Waals surface area (Å²) in [6.45, 7) is 5.95. The average Bonchev–Trinajstić information content (AvgIpc) is 2.70. The smallest absolute Gasteiger partial charge is 0.340 e.